The molecular formula is C8H9N5. The fraction of sp³-hybridized carbons (Fsp3) is 0.125. The number of hydrogen-bond donors (Lipinski definition) is 1. The van der Waals surface area contributed by atoms with Crippen molar-refractivity contribution in [2.45, 2.75) is 6.54 Å². The first kappa shape index (κ1) is 7.72. The lowest BCUT2D eigenvalue weighted by atomic mass is 10.3. The SMILES string of the molecule is Nc1ncn(Cc2ccccn2)n1. The number of rotatable bonds is 2. The number of pyridine rings is 1. The maximum Gasteiger partial charge on any atom is 0.239 e. The fourth-order valence-electron chi connectivity index (χ4n) is 1.04. The summed E-state index contributed by atoms with van der Waals surface area (Å²) in [5.74, 6) is 0.288. The van der Waals surface area contributed by atoms with Gasteiger partial charge in [0.15, 0.2) is 0 Å². The van der Waals surface area contributed by atoms with Crippen LogP contribution in [-0.4, -0.2) is 19.7 Å². The summed E-state index contributed by atoms with van der Waals surface area (Å²) in [5, 5.41) is 3.95. The Bertz CT molecular complexity index is 380. The molecule has 5 nitrogen and oxygen atoms in total. The summed E-state index contributed by atoms with van der Waals surface area (Å²) < 4.78 is 1.65. The highest BCUT2D eigenvalue weighted by Crippen LogP contribution is 1.97. The largest absolute Gasteiger partial charge is 0.367 e. The Morgan fingerprint density at radius 1 is 1.31 bits per heavy atom. The zero-order valence-corrected chi connectivity index (χ0v) is 6.96. The molecule has 0 saturated carbocycles. The molecule has 5 heteroatoms. The van der Waals surface area contributed by atoms with E-state index in [-0.39, 0.29) is 5.95 Å². The van der Waals surface area contributed by atoms with Gasteiger partial charge in [0.1, 0.15) is 6.33 Å². The van der Waals surface area contributed by atoms with Crippen LogP contribution >= 0.6 is 0 Å². The smallest absolute Gasteiger partial charge is 0.239 e. The first-order chi connectivity index (χ1) is 6.34. The maximum absolute atomic E-state index is 5.37. The zero-order chi connectivity index (χ0) is 9.10. The average molecular weight is 175 g/mol. The molecule has 0 aliphatic carbocycles. The molecule has 0 radical (unpaired) electrons. The third kappa shape index (κ3) is 1.81. The van der Waals surface area contributed by atoms with E-state index in [9.17, 15) is 0 Å². The molecule has 2 aromatic heterocycles. The molecular weight excluding hydrogens is 166 g/mol. The van der Waals surface area contributed by atoms with Gasteiger partial charge in [-0.2, -0.15) is 0 Å². The van der Waals surface area contributed by atoms with E-state index in [1.165, 1.54) is 0 Å². The summed E-state index contributed by atoms with van der Waals surface area (Å²) in [6.07, 6.45) is 3.33. The molecule has 13 heavy (non-hydrogen) atoms. The summed E-state index contributed by atoms with van der Waals surface area (Å²) in [6.45, 7) is 0.602. The predicted octanol–water partition coefficient (Wildman–Crippen LogP) is 0.304. The molecule has 2 heterocycles. The average Bonchev–Trinajstić information content (AvgIpc) is 2.53. The van der Waals surface area contributed by atoms with E-state index < -0.39 is 0 Å². The van der Waals surface area contributed by atoms with Crippen LogP contribution in [0.15, 0.2) is 30.7 Å². The van der Waals surface area contributed by atoms with Crippen molar-refractivity contribution < 1.29 is 0 Å². The monoisotopic (exact) mass is 175 g/mol. The van der Waals surface area contributed by atoms with Crippen molar-refractivity contribution in [1.29, 1.82) is 0 Å². The van der Waals surface area contributed by atoms with Crippen molar-refractivity contribution in [3.05, 3.63) is 36.4 Å². The van der Waals surface area contributed by atoms with Crippen LogP contribution in [0.4, 0.5) is 5.95 Å². The van der Waals surface area contributed by atoms with Gasteiger partial charge >= 0.3 is 0 Å². The van der Waals surface area contributed by atoms with Gasteiger partial charge in [0.05, 0.1) is 12.2 Å². The van der Waals surface area contributed by atoms with Gasteiger partial charge < -0.3 is 5.73 Å². The van der Waals surface area contributed by atoms with Crippen LogP contribution < -0.4 is 5.73 Å². The van der Waals surface area contributed by atoms with Crippen molar-refractivity contribution in [2.24, 2.45) is 0 Å². The second-order valence-electron chi connectivity index (χ2n) is 2.62. The van der Waals surface area contributed by atoms with Crippen LogP contribution in [0.25, 0.3) is 0 Å². The number of nitrogens with two attached hydrogens (primary N) is 1. The molecule has 0 aliphatic heterocycles. The number of nitrogen functional groups attached to an aromatic ring is 1. The van der Waals surface area contributed by atoms with Gasteiger partial charge in [0.2, 0.25) is 5.95 Å². The van der Waals surface area contributed by atoms with E-state index in [4.69, 9.17) is 5.73 Å². The summed E-state index contributed by atoms with van der Waals surface area (Å²) in [5.41, 5.74) is 6.31. The summed E-state index contributed by atoms with van der Waals surface area (Å²) in [6, 6.07) is 5.74. The molecule has 0 spiro atoms. The predicted molar refractivity (Wildman–Crippen MR) is 47.8 cm³/mol. The second kappa shape index (κ2) is 3.22. The van der Waals surface area contributed by atoms with E-state index in [1.807, 2.05) is 18.2 Å². The highest BCUT2D eigenvalue weighted by Gasteiger charge is 1.97. The normalized spacial score (nSPS) is 10.2. The van der Waals surface area contributed by atoms with Gasteiger partial charge in [0.25, 0.3) is 0 Å². The summed E-state index contributed by atoms with van der Waals surface area (Å²) in [4.78, 5) is 7.97. The first-order valence-corrected chi connectivity index (χ1v) is 3.89. The van der Waals surface area contributed by atoms with E-state index in [0.29, 0.717) is 6.54 Å². The van der Waals surface area contributed by atoms with E-state index in [1.54, 1.807) is 17.2 Å². The van der Waals surface area contributed by atoms with Crippen molar-refractivity contribution >= 4 is 5.95 Å². The lowest BCUT2D eigenvalue weighted by Gasteiger charge is -1.97. The highest BCUT2D eigenvalue weighted by molar-refractivity contribution is 5.10. The van der Waals surface area contributed by atoms with Crippen LogP contribution in [0.1, 0.15) is 5.69 Å². The van der Waals surface area contributed by atoms with Gasteiger partial charge in [-0.25, -0.2) is 9.67 Å². The van der Waals surface area contributed by atoms with Gasteiger partial charge in [-0.05, 0) is 12.1 Å². The molecule has 0 aromatic carbocycles. The molecule has 2 N–H and O–H groups in total. The number of aromatic nitrogens is 4. The molecule has 0 fully saturated rings. The molecule has 66 valence electrons. The van der Waals surface area contributed by atoms with E-state index >= 15 is 0 Å². The van der Waals surface area contributed by atoms with Crippen molar-refractivity contribution in [1.82, 2.24) is 19.7 Å². The molecule has 0 saturated heterocycles. The van der Waals surface area contributed by atoms with Crippen LogP contribution in [0, 0.1) is 0 Å². The van der Waals surface area contributed by atoms with Crippen molar-refractivity contribution in [2.75, 3.05) is 5.73 Å². The molecule has 2 rings (SSSR count). The molecule has 0 unspecified atom stereocenters. The maximum atomic E-state index is 5.37. The molecule has 0 atom stereocenters. The van der Waals surface area contributed by atoms with Gasteiger partial charge in [0, 0.05) is 6.20 Å². The van der Waals surface area contributed by atoms with Crippen molar-refractivity contribution in [3.63, 3.8) is 0 Å². The molecule has 0 aliphatic rings. The Morgan fingerprint density at radius 3 is 2.85 bits per heavy atom. The van der Waals surface area contributed by atoms with E-state index in [2.05, 4.69) is 15.1 Å². The summed E-state index contributed by atoms with van der Waals surface area (Å²) >= 11 is 0. The van der Waals surface area contributed by atoms with Crippen molar-refractivity contribution in [3.8, 4) is 0 Å². The molecule has 0 bridgehead atoms. The highest BCUT2D eigenvalue weighted by atomic mass is 15.4. The fourth-order valence-corrected chi connectivity index (χ4v) is 1.04. The van der Waals surface area contributed by atoms with Crippen LogP contribution in [0.3, 0.4) is 0 Å². The Balaban J connectivity index is 2.15. The van der Waals surface area contributed by atoms with Gasteiger partial charge in [-0.3, -0.25) is 4.98 Å². The molecule has 0 amide bonds. The minimum absolute atomic E-state index is 0.288. The number of anilines is 1. The third-order valence-electron chi connectivity index (χ3n) is 1.60. The zero-order valence-electron chi connectivity index (χ0n) is 6.96. The lowest BCUT2D eigenvalue weighted by molar-refractivity contribution is 0.673. The Kier molecular flexibility index (Phi) is 1.91. The van der Waals surface area contributed by atoms with Crippen LogP contribution in [0.5, 0.6) is 0 Å². The Morgan fingerprint density at radius 2 is 2.23 bits per heavy atom. The van der Waals surface area contributed by atoms with Gasteiger partial charge in [-0.15, -0.1) is 5.10 Å². The number of nitrogens with zero attached hydrogens (tertiary/aromatic N) is 4. The van der Waals surface area contributed by atoms with Gasteiger partial charge in [-0.1, -0.05) is 6.07 Å². The third-order valence-corrected chi connectivity index (χ3v) is 1.60. The molecule has 2 aromatic rings. The standard InChI is InChI=1S/C8H9N5/c9-8-11-6-13(12-8)5-7-3-1-2-4-10-7/h1-4,6H,5H2,(H2,9,12). The first-order valence-electron chi connectivity index (χ1n) is 3.89. The Labute approximate surface area is 75.2 Å². The lowest BCUT2D eigenvalue weighted by Crippen LogP contribution is -2.02. The minimum Gasteiger partial charge on any atom is -0.367 e. The summed E-state index contributed by atoms with van der Waals surface area (Å²) in [7, 11) is 0. The minimum atomic E-state index is 0.288. The van der Waals surface area contributed by atoms with Crippen LogP contribution in [0.2, 0.25) is 0 Å². The van der Waals surface area contributed by atoms with E-state index in [0.717, 1.165) is 5.69 Å². The second-order valence-corrected chi connectivity index (χ2v) is 2.62. The number of hydrogen-bond acceptors (Lipinski definition) is 4. The quantitative estimate of drug-likeness (QED) is 0.712. The topological polar surface area (TPSA) is 69.6 Å². The Hall–Kier alpha value is -1.91. The van der Waals surface area contributed by atoms with Crippen LogP contribution in [-0.2, 0) is 6.54 Å².